The van der Waals surface area contributed by atoms with Gasteiger partial charge in [-0.15, -0.1) is 0 Å². The Kier molecular flexibility index (Phi) is 4.43. The molecule has 5 heteroatoms. The lowest BCUT2D eigenvalue weighted by molar-refractivity contribution is -0.116. The number of nitrogens with zero attached hydrogens (tertiary/aromatic N) is 2. The first-order chi connectivity index (χ1) is 12.8. The molecule has 2 aliphatic carbocycles. The van der Waals surface area contributed by atoms with E-state index in [-0.39, 0.29) is 12.0 Å². The number of anilines is 1. The van der Waals surface area contributed by atoms with Crippen molar-refractivity contribution in [3.63, 3.8) is 0 Å². The second-order valence-corrected chi connectivity index (χ2v) is 8.90. The maximum atomic E-state index is 13.1. The number of benzene rings is 1. The van der Waals surface area contributed by atoms with E-state index >= 15 is 0 Å². The molecule has 1 aromatic rings. The van der Waals surface area contributed by atoms with Gasteiger partial charge in [0, 0.05) is 17.6 Å². The highest BCUT2D eigenvalue weighted by Gasteiger charge is 2.42. The van der Waals surface area contributed by atoms with E-state index in [1.807, 2.05) is 0 Å². The molecule has 5 rings (SSSR count). The zero-order chi connectivity index (χ0) is 17.5. The third-order valence-corrected chi connectivity index (χ3v) is 7.28. The number of thioether (sulfide) groups is 1. The molecule has 26 heavy (non-hydrogen) atoms. The van der Waals surface area contributed by atoms with E-state index in [9.17, 15) is 4.79 Å². The van der Waals surface area contributed by atoms with Crippen molar-refractivity contribution in [3.8, 4) is 0 Å². The molecule has 2 fully saturated rings. The summed E-state index contributed by atoms with van der Waals surface area (Å²) in [5.41, 5.74) is 2.51. The SMILES string of the molecule is O=C(CSC1=N[C@@H]2CCCC[C@H]2O1)N1c2ccccc2[C@@H]2CCCC[C@@H]21. The fourth-order valence-electron chi connectivity index (χ4n) is 5.22. The van der Waals surface area contributed by atoms with Crippen molar-refractivity contribution in [1.29, 1.82) is 0 Å². The van der Waals surface area contributed by atoms with Gasteiger partial charge in [0.15, 0.2) is 0 Å². The molecule has 0 N–H and O–H groups in total. The monoisotopic (exact) mass is 370 g/mol. The number of ether oxygens (including phenoxy) is 1. The lowest BCUT2D eigenvalue weighted by Gasteiger charge is -2.32. The Morgan fingerprint density at radius 2 is 1.92 bits per heavy atom. The zero-order valence-corrected chi connectivity index (χ0v) is 15.9. The standard InChI is InChI=1S/C21H26N2O2S/c24-20(13-26-21-22-16-9-3-6-12-19(16)25-21)23-17-10-4-1-7-14(17)15-8-2-5-11-18(15)23/h1,4,7,10,15-16,18-19H,2-3,5-6,8-9,11-13H2/t15-,16+,18-,19+/m0/s1. The van der Waals surface area contributed by atoms with Gasteiger partial charge in [0.1, 0.15) is 6.10 Å². The number of carbonyl (C=O) groups is 1. The highest BCUT2D eigenvalue weighted by atomic mass is 32.2. The number of aliphatic imine (C=N–C) groups is 1. The first kappa shape index (κ1) is 16.7. The van der Waals surface area contributed by atoms with Crippen LogP contribution in [-0.4, -0.2) is 35.1 Å². The fourth-order valence-corrected chi connectivity index (χ4v) is 6.01. The van der Waals surface area contributed by atoms with E-state index in [1.54, 1.807) is 0 Å². The molecule has 0 unspecified atom stereocenters. The first-order valence-corrected chi connectivity index (χ1v) is 11.1. The van der Waals surface area contributed by atoms with Gasteiger partial charge in [0.05, 0.1) is 11.8 Å². The van der Waals surface area contributed by atoms with Gasteiger partial charge in [0.2, 0.25) is 11.1 Å². The molecular formula is C21H26N2O2S. The Labute approximate surface area is 159 Å². The number of fused-ring (bicyclic) bond motifs is 4. The first-order valence-electron chi connectivity index (χ1n) is 10.1. The van der Waals surface area contributed by atoms with Crippen LogP contribution in [0, 0.1) is 0 Å². The summed E-state index contributed by atoms with van der Waals surface area (Å²) >= 11 is 1.50. The van der Waals surface area contributed by atoms with Crippen molar-refractivity contribution < 1.29 is 9.53 Å². The number of hydrogen-bond donors (Lipinski definition) is 0. The van der Waals surface area contributed by atoms with Crippen LogP contribution in [0.1, 0.15) is 62.8 Å². The predicted octanol–water partition coefficient (Wildman–Crippen LogP) is 4.49. The van der Waals surface area contributed by atoms with E-state index in [1.165, 1.54) is 49.4 Å². The van der Waals surface area contributed by atoms with Gasteiger partial charge in [-0.25, -0.2) is 4.99 Å². The summed E-state index contributed by atoms with van der Waals surface area (Å²) in [5, 5.41) is 0.739. The molecule has 0 aromatic heterocycles. The van der Waals surface area contributed by atoms with Crippen LogP contribution in [0.4, 0.5) is 5.69 Å². The molecule has 4 atom stereocenters. The van der Waals surface area contributed by atoms with E-state index < -0.39 is 0 Å². The molecule has 0 spiro atoms. The summed E-state index contributed by atoms with van der Waals surface area (Å²) in [6.45, 7) is 0. The lowest BCUT2D eigenvalue weighted by Crippen LogP contribution is -2.41. The molecule has 2 heterocycles. The Balaban J connectivity index is 1.29. The van der Waals surface area contributed by atoms with Crippen molar-refractivity contribution in [2.24, 2.45) is 4.99 Å². The summed E-state index contributed by atoms with van der Waals surface area (Å²) in [7, 11) is 0. The van der Waals surface area contributed by atoms with Crippen molar-refractivity contribution in [3.05, 3.63) is 29.8 Å². The third kappa shape index (κ3) is 2.84. The van der Waals surface area contributed by atoms with Gasteiger partial charge in [0.25, 0.3) is 0 Å². The van der Waals surface area contributed by atoms with Crippen LogP contribution >= 0.6 is 11.8 Å². The molecule has 4 nitrogen and oxygen atoms in total. The second-order valence-electron chi connectivity index (χ2n) is 7.97. The van der Waals surface area contributed by atoms with Crippen LogP contribution in [0.5, 0.6) is 0 Å². The van der Waals surface area contributed by atoms with Crippen LogP contribution < -0.4 is 4.90 Å². The number of carbonyl (C=O) groups excluding carboxylic acids is 1. The smallest absolute Gasteiger partial charge is 0.247 e. The molecule has 138 valence electrons. The Bertz CT molecular complexity index is 734. The predicted molar refractivity (Wildman–Crippen MR) is 106 cm³/mol. The summed E-state index contributed by atoms with van der Waals surface area (Å²) < 4.78 is 6.00. The molecular weight excluding hydrogens is 344 g/mol. The topological polar surface area (TPSA) is 41.9 Å². The number of amides is 1. The summed E-state index contributed by atoms with van der Waals surface area (Å²) in [6, 6.07) is 9.18. The minimum absolute atomic E-state index is 0.207. The van der Waals surface area contributed by atoms with Crippen LogP contribution in [0.3, 0.4) is 0 Å². The third-order valence-electron chi connectivity index (χ3n) is 6.44. The quantitative estimate of drug-likeness (QED) is 0.770. The summed E-state index contributed by atoms with van der Waals surface area (Å²) in [5.74, 6) is 1.16. The highest BCUT2D eigenvalue weighted by Crippen LogP contribution is 2.47. The van der Waals surface area contributed by atoms with Gasteiger partial charge in [-0.1, -0.05) is 49.2 Å². The van der Waals surface area contributed by atoms with Gasteiger partial charge in [-0.3, -0.25) is 4.79 Å². The molecule has 2 saturated carbocycles. The maximum Gasteiger partial charge on any atom is 0.247 e. The highest BCUT2D eigenvalue weighted by molar-refractivity contribution is 8.14. The van der Waals surface area contributed by atoms with E-state index in [0.717, 1.165) is 30.2 Å². The van der Waals surface area contributed by atoms with Crippen molar-refractivity contribution in [2.75, 3.05) is 10.7 Å². The van der Waals surface area contributed by atoms with Crippen molar-refractivity contribution in [2.45, 2.75) is 75.5 Å². The molecule has 1 aromatic carbocycles. The molecule has 0 saturated heterocycles. The molecule has 4 aliphatic rings. The summed E-state index contributed by atoms with van der Waals surface area (Å²) in [4.78, 5) is 19.9. The molecule has 1 amide bonds. The van der Waals surface area contributed by atoms with E-state index in [2.05, 4.69) is 29.2 Å². The van der Waals surface area contributed by atoms with Crippen molar-refractivity contribution in [1.82, 2.24) is 0 Å². The largest absolute Gasteiger partial charge is 0.467 e. The lowest BCUT2D eigenvalue weighted by atomic mass is 9.82. The average molecular weight is 371 g/mol. The van der Waals surface area contributed by atoms with Gasteiger partial charge in [-0.05, 0) is 43.7 Å². The normalized spacial score (nSPS) is 32.3. The van der Waals surface area contributed by atoms with Crippen LogP contribution in [0.2, 0.25) is 0 Å². The van der Waals surface area contributed by atoms with Crippen LogP contribution in [-0.2, 0) is 9.53 Å². The fraction of sp³-hybridized carbons (Fsp3) is 0.619. The number of rotatable bonds is 2. The van der Waals surface area contributed by atoms with Crippen LogP contribution in [0.15, 0.2) is 29.3 Å². The Morgan fingerprint density at radius 1 is 1.12 bits per heavy atom. The average Bonchev–Trinajstić information content (AvgIpc) is 3.25. The minimum atomic E-state index is 0.207. The van der Waals surface area contributed by atoms with Gasteiger partial charge in [-0.2, -0.15) is 0 Å². The Morgan fingerprint density at radius 3 is 2.85 bits per heavy atom. The van der Waals surface area contributed by atoms with Gasteiger partial charge >= 0.3 is 0 Å². The number of hydrogen-bond acceptors (Lipinski definition) is 4. The zero-order valence-electron chi connectivity index (χ0n) is 15.1. The van der Waals surface area contributed by atoms with E-state index in [4.69, 9.17) is 9.73 Å². The maximum absolute atomic E-state index is 13.1. The summed E-state index contributed by atoms with van der Waals surface area (Å²) in [6.07, 6.45) is 9.82. The second kappa shape index (κ2) is 6.91. The Hall–Kier alpha value is -1.49. The van der Waals surface area contributed by atoms with Crippen LogP contribution in [0.25, 0.3) is 0 Å². The van der Waals surface area contributed by atoms with Gasteiger partial charge < -0.3 is 9.64 Å². The molecule has 0 radical (unpaired) electrons. The molecule has 2 aliphatic heterocycles. The van der Waals surface area contributed by atoms with Crippen molar-refractivity contribution >= 4 is 28.6 Å². The number of para-hydroxylation sites is 1. The molecule has 0 bridgehead atoms. The van der Waals surface area contributed by atoms with E-state index in [0.29, 0.717) is 23.8 Å². The minimum Gasteiger partial charge on any atom is -0.467 e.